The lowest BCUT2D eigenvalue weighted by molar-refractivity contribution is 0.0656. The number of hydrogen-bond donors (Lipinski definition) is 1. The van der Waals surface area contributed by atoms with Crippen LogP contribution in [-0.2, 0) is 4.74 Å². The highest BCUT2D eigenvalue weighted by atomic mass is 35.5. The van der Waals surface area contributed by atoms with Crippen LogP contribution in [0.2, 0.25) is 5.02 Å². The van der Waals surface area contributed by atoms with Gasteiger partial charge >= 0.3 is 0 Å². The summed E-state index contributed by atoms with van der Waals surface area (Å²) in [7, 11) is 0. The number of nitrogens with zero attached hydrogens (tertiary/aromatic N) is 3. The van der Waals surface area contributed by atoms with Crippen LogP contribution in [-0.4, -0.2) is 28.0 Å². The summed E-state index contributed by atoms with van der Waals surface area (Å²) in [5.74, 6) is 0.465. The van der Waals surface area contributed by atoms with Crippen molar-refractivity contribution in [3.63, 3.8) is 0 Å². The predicted octanol–water partition coefficient (Wildman–Crippen LogP) is 3.15. The molecule has 0 saturated carbocycles. The average molecular weight is 307 g/mol. The van der Waals surface area contributed by atoms with E-state index < -0.39 is 0 Å². The number of ether oxygens (including phenoxy) is 1. The largest absolute Gasteiger partial charge is 0.384 e. The molecule has 0 atom stereocenters. The van der Waals surface area contributed by atoms with Gasteiger partial charge in [-0.1, -0.05) is 11.6 Å². The van der Waals surface area contributed by atoms with E-state index in [0.29, 0.717) is 16.9 Å². The van der Waals surface area contributed by atoms with Crippen LogP contribution in [0.4, 0.5) is 5.82 Å². The molecule has 1 fully saturated rings. The number of pyridine rings is 1. The van der Waals surface area contributed by atoms with Crippen LogP contribution in [0, 0.1) is 13.8 Å². The zero-order valence-electron chi connectivity index (χ0n) is 12.3. The molecule has 5 nitrogen and oxygen atoms in total. The molecule has 112 valence electrons. The van der Waals surface area contributed by atoms with Crippen molar-refractivity contribution in [2.45, 2.75) is 32.7 Å². The second-order valence-corrected chi connectivity index (χ2v) is 5.83. The Bertz CT molecular complexity index is 662. The van der Waals surface area contributed by atoms with Crippen molar-refractivity contribution in [1.82, 2.24) is 14.8 Å². The maximum Gasteiger partial charge on any atom is 0.124 e. The molecule has 0 aliphatic carbocycles. The van der Waals surface area contributed by atoms with Crippen LogP contribution < -0.4 is 5.73 Å². The summed E-state index contributed by atoms with van der Waals surface area (Å²) in [5, 5.41) is 5.32. The van der Waals surface area contributed by atoms with Gasteiger partial charge in [-0.2, -0.15) is 5.10 Å². The SMILES string of the molecule is Cc1nn(C2CCOCC2)c(C)c1-c1cc(N)ncc1Cl. The van der Waals surface area contributed by atoms with Gasteiger partial charge in [0.25, 0.3) is 0 Å². The minimum absolute atomic E-state index is 0.393. The number of anilines is 1. The van der Waals surface area contributed by atoms with Crippen molar-refractivity contribution in [3.05, 3.63) is 28.7 Å². The topological polar surface area (TPSA) is 66.0 Å². The van der Waals surface area contributed by atoms with E-state index in [1.54, 1.807) is 6.20 Å². The highest BCUT2D eigenvalue weighted by molar-refractivity contribution is 6.33. The number of rotatable bonds is 2. The monoisotopic (exact) mass is 306 g/mol. The van der Waals surface area contributed by atoms with E-state index in [1.807, 2.05) is 13.0 Å². The number of aryl methyl sites for hydroxylation is 1. The Morgan fingerprint density at radius 3 is 2.76 bits per heavy atom. The van der Waals surface area contributed by atoms with Crippen molar-refractivity contribution in [1.29, 1.82) is 0 Å². The van der Waals surface area contributed by atoms with Crippen molar-refractivity contribution in [2.24, 2.45) is 0 Å². The summed E-state index contributed by atoms with van der Waals surface area (Å²) < 4.78 is 7.54. The number of nitrogens with two attached hydrogens (primary N) is 1. The van der Waals surface area contributed by atoms with Gasteiger partial charge in [0, 0.05) is 36.2 Å². The molecule has 0 bridgehead atoms. The van der Waals surface area contributed by atoms with E-state index in [4.69, 9.17) is 27.2 Å². The number of halogens is 1. The Morgan fingerprint density at radius 2 is 2.05 bits per heavy atom. The number of nitrogen functional groups attached to an aromatic ring is 1. The Hall–Kier alpha value is -1.59. The lowest BCUT2D eigenvalue weighted by atomic mass is 10.0. The van der Waals surface area contributed by atoms with Crippen LogP contribution in [0.15, 0.2) is 12.3 Å². The van der Waals surface area contributed by atoms with Crippen LogP contribution in [0.3, 0.4) is 0 Å². The van der Waals surface area contributed by atoms with Crippen molar-refractivity contribution >= 4 is 17.4 Å². The molecule has 0 spiro atoms. The van der Waals surface area contributed by atoms with Crippen molar-refractivity contribution < 1.29 is 4.74 Å². The molecule has 1 saturated heterocycles. The molecule has 2 aromatic heterocycles. The summed E-state index contributed by atoms with van der Waals surface area (Å²) in [6, 6.07) is 2.21. The number of hydrogen-bond acceptors (Lipinski definition) is 4. The highest BCUT2D eigenvalue weighted by Crippen LogP contribution is 2.35. The van der Waals surface area contributed by atoms with Crippen LogP contribution in [0.1, 0.15) is 30.3 Å². The van der Waals surface area contributed by atoms with Gasteiger partial charge in [-0.25, -0.2) is 4.98 Å². The van der Waals surface area contributed by atoms with Gasteiger partial charge in [0.1, 0.15) is 5.82 Å². The molecule has 1 aliphatic rings. The van der Waals surface area contributed by atoms with E-state index >= 15 is 0 Å². The van der Waals surface area contributed by atoms with Crippen LogP contribution in [0.5, 0.6) is 0 Å². The Labute approximate surface area is 129 Å². The zero-order chi connectivity index (χ0) is 15.0. The third-order valence-corrected chi connectivity index (χ3v) is 4.31. The summed E-state index contributed by atoms with van der Waals surface area (Å²) in [6.07, 6.45) is 3.58. The molecule has 0 amide bonds. The average Bonchev–Trinajstić information content (AvgIpc) is 2.78. The molecule has 3 heterocycles. The third-order valence-electron chi connectivity index (χ3n) is 4.01. The molecular formula is C15H19ClN4O. The van der Waals surface area contributed by atoms with Gasteiger partial charge in [-0.05, 0) is 32.8 Å². The zero-order valence-corrected chi connectivity index (χ0v) is 13.0. The van der Waals surface area contributed by atoms with E-state index in [0.717, 1.165) is 48.6 Å². The van der Waals surface area contributed by atoms with E-state index in [2.05, 4.69) is 16.6 Å². The first-order chi connectivity index (χ1) is 10.1. The molecule has 21 heavy (non-hydrogen) atoms. The fourth-order valence-electron chi connectivity index (χ4n) is 2.98. The minimum atomic E-state index is 0.393. The van der Waals surface area contributed by atoms with E-state index in [9.17, 15) is 0 Å². The minimum Gasteiger partial charge on any atom is -0.384 e. The standard InChI is InChI=1S/C15H19ClN4O/c1-9-15(12-7-14(17)18-8-13(12)16)10(2)20(19-9)11-3-5-21-6-4-11/h7-8,11H,3-6H2,1-2H3,(H2,17,18). The van der Waals surface area contributed by atoms with E-state index in [-0.39, 0.29) is 0 Å². The summed E-state index contributed by atoms with van der Waals surface area (Å²) in [6.45, 7) is 5.67. The highest BCUT2D eigenvalue weighted by Gasteiger charge is 2.23. The Balaban J connectivity index is 2.07. The molecule has 0 aromatic carbocycles. The Kier molecular flexibility index (Phi) is 3.87. The molecule has 1 aliphatic heterocycles. The lowest BCUT2D eigenvalue weighted by Crippen LogP contribution is -2.21. The molecular weight excluding hydrogens is 288 g/mol. The van der Waals surface area contributed by atoms with Crippen LogP contribution >= 0.6 is 11.6 Å². The molecule has 0 radical (unpaired) electrons. The normalized spacial score (nSPS) is 16.3. The number of aromatic nitrogens is 3. The molecule has 3 rings (SSSR count). The summed E-state index contributed by atoms with van der Waals surface area (Å²) in [4.78, 5) is 4.02. The molecule has 2 N–H and O–H groups in total. The predicted molar refractivity (Wildman–Crippen MR) is 83.4 cm³/mol. The first kappa shape index (κ1) is 14.4. The third kappa shape index (κ3) is 2.63. The van der Waals surface area contributed by atoms with Gasteiger partial charge in [-0.15, -0.1) is 0 Å². The fourth-order valence-corrected chi connectivity index (χ4v) is 3.18. The van der Waals surface area contributed by atoms with Crippen molar-refractivity contribution in [3.8, 4) is 11.1 Å². The van der Waals surface area contributed by atoms with Crippen molar-refractivity contribution in [2.75, 3.05) is 18.9 Å². The Morgan fingerprint density at radius 1 is 1.33 bits per heavy atom. The molecule has 6 heteroatoms. The maximum atomic E-state index is 6.29. The van der Waals surface area contributed by atoms with Gasteiger partial charge in [0.05, 0.1) is 16.8 Å². The van der Waals surface area contributed by atoms with Gasteiger partial charge in [0.15, 0.2) is 0 Å². The quantitative estimate of drug-likeness (QED) is 0.925. The smallest absolute Gasteiger partial charge is 0.124 e. The second-order valence-electron chi connectivity index (χ2n) is 5.42. The molecule has 2 aromatic rings. The second kappa shape index (κ2) is 5.66. The van der Waals surface area contributed by atoms with Gasteiger partial charge in [0.2, 0.25) is 0 Å². The maximum absolute atomic E-state index is 6.29. The fraction of sp³-hybridized carbons (Fsp3) is 0.467. The van der Waals surface area contributed by atoms with E-state index in [1.165, 1.54) is 0 Å². The summed E-state index contributed by atoms with van der Waals surface area (Å²) in [5.41, 5.74) is 9.84. The van der Waals surface area contributed by atoms with Gasteiger partial charge < -0.3 is 10.5 Å². The van der Waals surface area contributed by atoms with Gasteiger partial charge in [-0.3, -0.25) is 4.68 Å². The molecule has 0 unspecified atom stereocenters. The first-order valence-corrected chi connectivity index (χ1v) is 7.50. The first-order valence-electron chi connectivity index (χ1n) is 7.12. The summed E-state index contributed by atoms with van der Waals surface area (Å²) >= 11 is 6.29. The lowest BCUT2D eigenvalue weighted by Gasteiger charge is -2.23. The van der Waals surface area contributed by atoms with Crippen LogP contribution in [0.25, 0.3) is 11.1 Å².